The Morgan fingerprint density at radius 3 is 2.52 bits per heavy atom. The molecule has 0 bridgehead atoms. The molecule has 5 nitrogen and oxygen atoms in total. The highest BCUT2D eigenvalue weighted by Gasteiger charge is 2.18. The van der Waals surface area contributed by atoms with Gasteiger partial charge in [-0.15, -0.1) is 0 Å². The first-order chi connectivity index (χ1) is 9.83. The summed E-state index contributed by atoms with van der Waals surface area (Å²) < 4.78 is 27.7. The molecular weight excluding hydrogens is 401 g/mol. The van der Waals surface area contributed by atoms with Crippen LogP contribution in [0.25, 0.3) is 0 Å². The van der Waals surface area contributed by atoms with Gasteiger partial charge in [0, 0.05) is 17.7 Å². The molecule has 112 valence electrons. The highest BCUT2D eigenvalue weighted by Crippen LogP contribution is 2.29. The van der Waals surface area contributed by atoms with Crippen molar-refractivity contribution >= 4 is 60.7 Å². The first kappa shape index (κ1) is 16.4. The van der Waals surface area contributed by atoms with E-state index in [1.54, 1.807) is 25.2 Å². The first-order valence-corrected chi connectivity index (χ1v) is 8.68. The quantitative estimate of drug-likeness (QED) is 0.799. The highest BCUT2D eigenvalue weighted by molar-refractivity contribution is 9.10. The lowest BCUT2D eigenvalue weighted by molar-refractivity contribution is 0.601. The number of nitrogens with one attached hydrogen (secondary N) is 2. The van der Waals surface area contributed by atoms with Crippen LogP contribution in [0.5, 0.6) is 0 Å². The molecule has 0 radical (unpaired) electrons. The smallest absolute Gasteiger partial charge is 0.263 e. The zero-order chi connectivity index (χ0) is 15.6. The zero-order valence-electron chi connectivity index (χ0n) is 10.7. The fourth-order valence-corrected chi connectivity index (χ4v) is 3.48. The Morgan fingerprint density at radius 2 is 1.90 bits per heavy atom. The van der Waals surface area contributed by atoms with Crippen molar-refractivity contribution in [2.45, 2.75) is 4.90 Å². The van der Waals surface area contributed by atoms with Gasteiger partial charge in [-0.05, 0) is 24.3 Å². The first-order valence-electron chi connectivity index (χ1n) is 5.64. The van der Waals surface area contributed by atoms with Crippen molar-refractivity contribution in [3.8, 4) is 0 Å². The molecule has 0 unspecified atom stereocenters. The Balaban J connectivity index is 2.38. The van der Waals surface area contributed by atoms with E-state index in [4.69, 9.17) is 23.2 Å². The number of benzene rings is 1. The van der Waals surface area contributed by atoms with Gasteiger partial charge in [0.1, 0.15) is 10.7 Å². The summed E-state index contributed by atoms with van der Waals surface area (Å²) in [6, 6.07) is 6.17. The number of pyridine rings is 1. The maximum atomic E-state index is 12.3. The number of hydrogen-bond donors (Lipinski definition) is 2. The molecular formula is C12H10BrCl2N3O2S. The molecule has 0 amide bonds. The molecule has 2 N–H and O–H groups in total. The van der Waals surface area contributed by atoms with Crippen molar-refractivity contribution in [1.29, 1.82) is 0 Å². The second-order valence-corrected chi connectivity index (χ2v) is 7.39. The molecule has 1 heterocycles. The minimum Gasteiger partial charge on any atom is -0.372 e. The van der Waals surface area contributed by atoms with Gasteiger partial charge < -0.3 is 5.32 Å². The number of sulfonamides is 1. The summed E-state index contributed by atoms with van der Waals surface area (Å²) in [7, 11) is -2.19. The van der Waals surface area contributed by atoms with Crippen LogP contribution in [-0.4, -0.2) is 20.4 Å². The van der Waals surface area contributed by atoms with Crippen LogP contribution in [0.15, 0.2) is 39.8 Å². The van der Waals surface area contributed by atoms with E-state index in [1.165, 1.54) is 12.3 Å². The van der Waals surface area contributed by atoms with Crippen LogP contribution in [0.4, 0.5) is 11.5 Å². The van der Waals surface area contributed by atoms with Crippen molar-refractivity contribution in [3.05, 3.63) is 45.0 Å². The third-order valence-electron chi connectivity index (χ3n) is 2.54. The number of nitrogens with zero attached hydrogens (tertiary/aromatic N) is 1. The molecule has 0 saturated carbocycles. The lowest BCUT2D eigenvalue weighted by Gasteiger charge is -2.11. The van der Waals surface area contributed by atoms with E-state index in [2.05, 4.69) is 31.0 Å². The van der Waals surface area contributed by atoms with E-state index in [0.717, 1.165) is 0 Å². The van der Waals surface area contributed by atoms with Gasteiger partial charge in [-0.25, -0.2) is 13.4 Å². The molecule has 0 aliphatic carbocycles. The molecule has 0 saturated heterocycles. The van der Waals surface area contributed by atoms with Gasteiger partial charge in [0.25, 0.3) is 10.0 Å². The summed E-state index contributed by atoms with van der Waals surface area (Å²) in [6.45, 7) is 0. The second kappa shape index (κ2) is 6.39. The van der Waals surface area contributed by atoms with Crippen LogP contribution in [0.3, 0.4) is 0 Å². The molecule has 0 aliphatic heterocycles. The summed E-state index contributed by atoms with van der Waals surface area (Å²) in [4.78, 5) is 3.89. The lowest BCUT2D eigenvalue weighted by Crippen LogP contribution is -2.14. The molecule has 2 rings (SSSR count). The minimum absolute atomic E-state index is 0.0532. The average molecular weight is 411 g/mol. The molecule has 0 atom stereocenters. The lowest BCUT2D eigenvalue weighted by atomic mass is 10.3. The molecule has 0 aliphatic rings. The van der Waals surface area contributed by atoms with Crippen LogP contribution >= 0.6 is 39.1 Å². The van der Waals surface area contributed by atoms with E-state index in [9.17, 15) is 8.42 Å². The summed E-state index contributed by atoms with van der Waals surface area (Å²) in [5, 5.41) is 3.25. The maximum absolute atomic E-state index is 12.3. The molecule has 9 heteroatoms. The Hall–Kier alpha value is -1.02. The molecule has 1 aromatic heterocycles. The highest BCUT2D eigenvalue weighted by atomic mass is 79.9. The third kappa shape index (κ3) is 3.79. The number of halogens is 3. The molecule has 21 heavy (non-hydrogen) atoms. The molecule has 0 spiro atoms. The summed E-state index contributed by atoms with van der Waals surface area (Å²) in [5.41, 5.74) is 0.264. The minimum atomic E-state index is -3.83. The van der Waals surface area contributed by atoms with Gasteiger partial charge in [0.15, 0.2) is 0 Å². The Labute approximate surface area is 140 Å². The van der Waals surface area contributed by atoms with Gasteiger partial charge in [-0.1, -0.05) is 39.1 Å². The van der Waals surface area contributed by atoms with Crippen molar-refractivity contribution < 1.29 is 8.42 Å². The van der Waals surface area contributed by atoms with Gasteiger partial charge in [-0.3, -0.25) is 4.72 Å². The predicted octanol–water partition coefficient (Wildman–Crippen LogP) is 3.99. The molecule has 0 fully saturated rings. The Kier molecular flexibility index (Phi) is 4.98. The van der Waals surface area contributed by atoms with E-state index >= 15 is 0 Å². The molecule has 1 aromatic carbocycles. The molecule has 2 aromatic rings. The van der Waals surface area contributed by atoms with Crippen LogP contribution in [-0.2, 0) is 10.0 Å². The fraction of sp³-hybridized carbons (Fsp3) is 0.0833. The van der Waals surface area contributed by atoms with Crippen molar-refractivity contribution in [2.75, 3.05) is 17.1 Å². The zero-order valence-corrected chi connectivity index (χ0v) is 14.6. The fourth-order valence-electron chi connectivity index (χ4n) is 1.53. The van der Waals surface area contributed by atoms with Crippen LogP contribution < -0.4 is 10.0 Å². The van der Waals surface area contributed by atoms with Gasteiger partial charge in [0.05, 0.1) is 15.7 Å². The monoisotopic (exact) mass is 409 g/mol. The standard InChI is InChI=1S/C12H10BrCl2N3O2S/c1-16-12-10(15)5-8(6-17-12)21(19,20)18-11-4-7(13)2-3-9(11)14/h2-6,18H,1H3,(H,16,17). The third-order valence-corrected chi connectivity index (χ3v) is 4.98. The SMILES string of the molecule is CNc1ncc(S(=O)(=O)Nc2cc(Br)ccc2Cl)cc1Cl. The van der Waals surface area contributed by atoms with Gasteiger partial charge in [0.2, 0.25) is 0 Å². The van der Waals surface area contributed by atoms with E-state index in [-0.39, 0.29) is 20.6 Å². The second-order valence-electron chi connectivity index (χ2n) is 3.98. The maximum Gasteiger partial charge on any atom is 0.263 e. The van der Waals surface area contributed by atoms with Crippen molar-refractivity contribution in [2.24, 2.45) is 0 Å². The van der Waals surface area contributed by atoms with Gasteiger partial charge in [-0.2, -0.15) is 0 Å². The van der Waals surface area contributed by atoms with Crippen LogP contribution in [0.1, 0.15) is 0 Å². The van der Waals surface area contributed by atoms with Crippen molar-refractivity contribution in [3.63, 3.8) is 0 Å². The summed E-state index contributed by atoms with van der Waals surface area (Å²) in [5.74, 6) is 0.399. The van der Waals surface area contributed by atoms with Crippen LogP contribution in [0, 0.1) is 0 Å². The Morgan fingerprint density at radius 1 is 1.19 bits per heavy atom. The van der Waals surface area contributed by atoms with E-state index in [1.807, 2.05) is 0 Å². The van der Waals surface area contributed by atoms with Crippen LogP contribution in [0.2, 0.25) is 10.0 Å². The van der Waals surface area contributed by atoms with Crippen molar-refractivity contribution in [1.82, 2.24) is 4.98 Å². The Bertz CT molecular complexity index is 784. The predicted molar refractivity (Wildman–Crippen MR) is 88.8 cm³/mol. The number of anilines is 2. The summed E-state index contributed by atoms with van der Waals surface area (Å²) >= 11 is 15.2. The van der Waals surface area contributed by atoms with Gasteiger partial charge >= 0.3 is 0 Å². The average Bonchev–Trinajstić information content (AvgIpc) is 2.42. The number of hydrogen-bond acceptors (Lipinski definition) is 4. The number of rotatable bonds is 4. The largest absolute Gasteiger partial charge is 0.372 e. The van der Waals surface area contributed by atoms with E-state index in [0.29, 0.717) is 10.3 Å². The number of aromatic nitrogens is 1. The normalized spacial score (nSPS) is 11.2. The summed E-state index contributed by atoms with van der Waals surface area (Å²) in [6.07, 6.45) is 1.21. The van der Waals surface area contributed by atoms with E-state index < -0.39 is 10.0 Å². The topological polar surface area (TPSA) is 71.1 Å².